The molecular weight excluding hydrogens is 1050 g/mol. The van der Waals surface area contributed by atoms with Gasteiger partial charge >= 0.3 is 17.2 Å². The molecule has 0 bridgehead atoms. The quantitative estimate of drug-likeness (QED) is 0.0537. The van der Waals surface area contributed by atoms with E-state index in [-0.39, 0.29) is 11.3 Å². The molecule has 18 heteroatoms. The Bertz CT molecular complexity index is 1290. The number of esters is 2. The van der Waals surface area contributed by atoms with Crippen molar-refractivity contribution in [1.29, 1.82) is 0 Å². The maximum Gasteiger partial charge on any atom is 0.367 e. The van der Waals surface area contributed by atoms with E-state index in [1.807, 2.05) is 45.2 Å². The number of hydrogen-bond acceptors (Lipinski definition) is 9. The Morgan fingerprint density at radius 2 is 1.47 bits per heavy atom. The van der Waals surface area contributed by atoms with Crippen LogP contribution in [0.15, 0.2) is 18.2 Å². The van der Waals surface area contributed by atoms with E-state index in [9.17, 15) is 41.5 Å². The molecule has 0 radical (unpaired) electrons. The third-order valence-electron chi connectivity index (χ3n) is 3.75. The highest BCUT2D eigenvalue weighted by Gasteiger charge is 2.40. The molecule has 2 rings (SSSR count). The zero-order chi connectivity index (χ0) is 26.2. The van der Waals surface area contributed by atoms with Crippen LogP contribution >= 0.6 is 113 Å². The zero-order valence-electron chi connectivity index (χ0n) is 15.6. The third kappa shape index (κ3) is 6.74. The van der Waals surface area contributed by atoms with Crippen molar-refractivity contribution in [3.05, 3.63) is 57.3 Å². The molecule has 2 aromatic carbocycles. The fourth-order valence-electron chi connectivity index (χ4n) is 2.14. The summed E-state index contributed by atoms with van der Waals surface area (Å²) in [7, 11) is -6.15. The fourth-order valence-corrected chi connectivity index (χ4v) is 7.55. The van der Waals surface area contributed by atoms with Gasteiger partial charge in [-0.15, -0.1) is 0 Å². The van der Waals surface area contributed by atoms with Crippen LogP contribution in [-0.2, 0) is 14.9 Å². The minimum atomic E-state index is -6.15. The number of hydrogen-bond donors (Lipinski definition) is 0. The topological polar surface area (TPSA) is 153 Å². The van der Waals surface area contributed by atoms with Gasteiger partial charge in [0.25, 0.3) is 5.69 Å². The van der Waals surface area contributed by atoms with Gasteiger partial charge in [0.1, 0.15) is 11.3 Å². The zero-order valence-corrected chi connectivity index (χ0v) is 27.2. The Morgan fingerprint density at radius 1 is 0.971 bits per heavy atom. The summed E-state index contributed by atoms with van der Waals surface area (Å²) in [5.74, 6) is -2.92. The largest absolute Gasteiger partial charge is 0.743 e. The predicted octanol–water partition coefficient (Wildman–Crippen LogP) is 5.13. The molecule has 0 heterocycles. The van der Waals surface area contributed by atoms with Gasteiger partial charge in [0.05, 0.1) is 10.5 Å². The van der Waals surface area contributed by atoms with E-state index in [0.717, 1.165) is 22.8 Å². The van der Waals surface area contributed by atoms with Crippen molar-refractivity contribution in [1.82, 2.24) is 0 Å². The van der Waals surface area contributed by atoms with Crippen LogP contribution in [0.25, 0.3) is 0 Å². The molecule has 0 amide bonds. The number of nitro groups is 1. The Kier molecular flexibility index (Phi) is 10.5. The molecule has 2 aromatic rings. The minimum Gasteiger partial charge on any atom is -0.743 e. The van der Waals surface area contributed by atoms with E-state index >= 15 is 0 Å². The van der Waals surface area contributed by atoms with Crippen molar-refractivity contribution >= 4 is 141 Å². The molecule has 184 valence electrons. The standard InChI is InChI=1S/C16H6F2I5NO9S/c17-16(18,34(29,30)31)4-32-14(25)6-3-5(1-2-7(6)24(27)28)33-15(26)8-9(19)11(21)13(23)12(22)10(8)20/h1-3H,4H2,(H,29,30,31)/p-1. The van der Waals surface area contributed by atoms with Gasteiger partial charge in [0, 0.05) is 30.0 Å². The molecule has 34 heavy (non-hydrogen) atoms. The maximum atomic E-state index is 13.3. The highest BCUT2D eigenvalue weighted by molar-refractivity contribution is 14.1. The first-order chi connectivity index (χ1) is 15.5. The summed E-state index contributed by atoms with van der Waals surface area (Å²) in [5, 5.41) is 6.28. The molecular formula is C16H5F2I5NO9S-. The summed E-state index contributed by atoms with van der Waals surface area (Å²) in [6.45, 7) is -2.16. The summed E-state index contributed by atoms with van der Waals surface area (Å²) < 4.78 is 71.3. The second-order valence-electron chi connectivity index (χ2n) is 5.94. The van der Waals surface area contributed by atoms with Crippen LogP contribution < -0.4 is 4.74 Å². The minimum absolute atomic E-state index is 0.207. The van der Waals surface area contributed by atoms with Gasteiger partial charge < -0.3 is 14.0 Å². The second kappa shape index (κ2) is 11.7. The Balaban J connectivity index is 2.42. The number of carbonyl (C=O) groups excluding carboxylic acids is 2. The van der Waals surface area contributed by atoms with Gasteiger partial charge in [-0.25, -0.2) is 18.0 Å². The van der Waals surface area contributed by atoms with E-state index in [4.69, 9.17) is 4.74 Å². The lowest BCUT2D eigenvalue weighted by atomic mass is 10.1. The lowest BCUT2D eigenvalue weighted by molar-refractivity contribution is -0.385. The number of ether oxygens (including phenoxy) is 2. The molecule has 0 N–H and O–H groups in total. The van der Waals surface area contributed by atoms with Gasteiger partial charge in [-0.3, -0.25) is 10.1 Å². The molecule has 0 unspecified atom stereocenters. The second-order valence-corrected chi connectivity index (χ2v) is 12.8. The molecule has 0 aliphatic rings. The van der Waals surface area contributed by atoms with Crippen molar-refractivity contribution < 1.29 is 45.7 Å². The van der Waals surface area contributed by atoms with Gasteiger partial charge in [0.2, 0.25) is 0 Å². The number of benzene rings is 2. The number of nitro benzene ring substituents is 1. The van der Waals surface area contributed by atoms with Crippen LogP contribution in [0.4, 0.5) is 14.5 Å². The van der Waals surface area contributed by atoms with Crippen molar-refractivity contribution in [2.45, 2.75) is 5.25 Å². The van der Waals surface area contributed by atoms with Gasteiger partial charge in [-0.05, 0) is 119 Å². The van der Waals surface area contributed by atoms with Crippen molar-refractivity contribution in [3.8, 4) is 5.75 Å². The van der Waals surface area contributed by atoms with E-state index in [1.54, 1.807) is 0 Å². The monoisotopic (exact) mass is 1060 g/mol. The molecule has 0 aliphatic heterocycles. The molecule has 10 nitrogen and oxygen atoms in total. The number of halogens is 7. The first kappa shape index (κ1) is 30.4. The van der Waals surface area contributed by atoms with Crippen LogP contribution in [-0.4, -0.2) is 41.7 Å². The molecule has 0 spiro atoms. The van der Waals surface area contributed by atoms with Gasteiger partial charge in [-0.1, -0.05) is 0 Å². The van der Waals surface area contributed by atoms with E-state index in [1.165, 1.54) is 0 Å². The summed E-state index contributed by atoms with van der Waals surface area (Å²) >= 11 is 10.1. The lowest BCUT2D eigenvalue weighted by Crippen LogP contribution is -2.34. The Morgan fingerprint density at radius 3 is 1.94 bits per heavy atom. The van der Waals surface area contributed by atoms with Crippen LogP contribution in [0, 0.1) is 28.0 Å². The van der Waals surface area contributed by atoms with Crippen molar-refractivity contribution in [2.75, 3.05) is 6.61 Å². The van der Waals surface area contributed by atoms with Gasteiger partial charge in [-0.2, -0.15) is 8.78 Å². The van der Waals surface area contributed by atoms with Crippen molar-refractivity contribution in [2.24, 2.45) is 0 Å². The highest BCUT2D eigenvalue weighted by atomic mass is 127. The normalized spacial score (nSPS) is 11.8. The molecule has 0 fully saturated rings. The first-order valence-corrected chi connectivity index (χ1v) is 14.8. The lowest BCUT2D eigenvalue weighted by Gasteiger charge is -2.19. The van der Waals surface area contributed by atoms with Crippen LogP contribution in [0.3, 0.4) is 0 Å². The number of alkyl halides is 2. The Labute approximate surface area is 257 Å². The fraction of sp³-hybridized carbons (Fsp3) is 0.125. The van der Waals surface area contributed by atoms with Crippen LogP contribution in [0.1, 0.15) is 20.7 Å². The summed E-state index contributed by atoms with van der Waals surface area (Å²) in [6.07, 6.45) is 0. The van der Waals surface area contributed by atoms with Gasteiger partial charge in [0.15, 0.2) is 16.7 Å². The molecule has 0 atom stereocenters. The van der Waals surface area contributed by atoms with Crippen LogP contribution in [0.2, 0.25) is 0 Å². The SMILES string of the molecule is O=C(OCC(F)(F)S(=O)(=O)[O-])c1cc(OC(=O)c2c(I)c(I)c(I)c(I)c2I)ccc1[N+](=O)[O-]. The van der Waals surface area contributed by atoms with E-state index in [2.05, 4.69) is 72.5 Å². The molecule has 0 saturated heterocycles. The van der Waals surface area contributed by atoms with Crippen molar-refractivity contribution in [3.63, 3.8) is 0 Å². The highest BCUT2D eigenvalue weighted by Crippen LogP contribution is 2.35. The van der Waals surface area contributed by atoms with Crippen LogP contribution in [0.5, 0.6) is 5.75 Å². The first-order valence-electron chi connectivity index (χ1n) is 8.02. The average molecular weight is 1060 g/mol. The molecule has 0 saturated carbocycles. The average Bonchev–Trinajstić information content (AvgIpc) is 2.73. The smallest absolute Gasteiger partial charge is 0.367 e. The van der Waals surface area contributed by atoms with E-state index in [0.29, 0.717) is 13.2 Å². The summed E-state index contributed by atoms with van der Waals surface area (Å²) in [6, 6.07) is 2.50. The van der Waals surface area contributed by atoms with E-state index < -0.39 is 50.1 Å². The number of nitrogens with zero attached hydrogens (tertiary/aromatic N) is 1. The predicted molar refractivity (Wildman–Crippen MR) is 153 cm³/mol. The third-order valence-corrected chi connectivity index (χ3v) is 14.1. The summed E-state index contributed by atoms with van der Waals surface area (Å²) in [4.78, 5) is 35.2. The summed E-state index contributed by atoms with van der Waals surface area (Å²) in [5.41, 5.74) is -1.58. The number of carbonyl (C=O) groups is 2. The maximum absolute atomic E-state index is 13.3. The number of rotatable bonds is 7. The Hall–Kier alpha value is 0.200. The molecule has 0 aromatic heterocycles. The molecule has 0 aliphatic carbocycles.